The van der Waals surface area contributed by atoms with Crippen LogP contribution >= 0.6 is 0 Å². The number of nitro groups is 1. The average molecular weight is 278 g/mol. The van der Waals surface area contributed by atoms with Crippen molar-refractivity contribution in [1.29, 1.82) is 0 Å². The van der Waals surface area contributed by atoms with Gasteiger partial charge in [0.05, 0.1) is 11.1 Å². The first-order valence-corrected chi connectivity index (χ1v) is 6.44. The van der Waals surface area contributed by atoms with Gasteiger partial charge in [-0.25, -0.2) is 4.68 Å². The Bertz CT molecular complexity index is 615. The minimum atomic E-state index is -0.371. The molecule has 0 unspecified atom stereocenters. The molecule has 0 fully saturated rings. The fourth-order valence-electron chi connectivity index (χ4n) is 2.11. The first-order valence-electron chi connectivity index (χ1n) is 6.44. The summed E-state index contributed by atoms with van der Waals surface area (Å²) in [5.74, 6) is 0.433. The smallest absolute Gasteiger partial charge is 0.334 e. The van der Waals surface area contributed by atoms with E-state index in [0.717, 1.165) is 12.0 Å². The van der Waals surface area contributed by atoms with Gasteiger partial charge in [-0.15, -0.1) is 0 Å². The van der Waals surface area contributed by atoms with E-state index in [1.54, 1.807) is 17.9 Å². The highest BCUT2D eigenvalue weighted by atomic mass is 16.6. The first-order chi connectivity index (χ1) is 9.52. The van der Waals surface area contributed by atoms with Crippen molar-refractivity contribution in [2.45, 2.75) is 26.3 Å². The molecular formula is C12H18N6O2. The van der Waals surface area contributed by atoms with E-state index in [2.05, 4.69) is 15.5 Å². The monoisotopic (exact) mass is 278 g/mol. The maximum Gasteiger partial charge on any atom is 0.334 e. The molecule has 8 heteroatoms. The SMILES string of the molecule is CCCc1nn(C)c(NCc2cnn(C)c2)c1[N+](=O)[O-]. The second-order valence-electron chi connectivity index (χ2n) is 4.65. The van der Waals surface area contributed by atoms with E-state index < -0.39 is 0 Å². The number of aryl methyl sites for hydroxylation is 3. The molecule has 0 radical (unpaired) electrons. The third-order valence-electron chi connectivity index (χ3n) is 2.98. The van der Waals surface area contributed by atoms with Crippen LogP contribution in [0.4, 0.5) is 11.5 Å². The number of rotatable bonds is 6. The summed E-state index contributed by atoms with van der Waals surface area (Å²) in [5, 5.41) is 22.6. The predicted octanol–water partition coefficient (Wildman–Crippen LogP) is 1.63. The largest absolute Gasteiger partial charge is 0.360 e. The van der Waals surface area contributed by atoms with E-state index in [1.807, 2.05) is 20.2 Å². The molecule has 0 amide bonds. The second-order valence-corrected chi connectivity index (χ2v) is 4.65. The Morgan fingerprint density at radius 3 is 2.75 bits per heavy atom. The summed E-state index contributed by atoms with van der Waals surface area (Å²) in [5.41, 5.74) is 1.55. The van der Waals surface area contributed by atoms with Gasteiger partial charge in [-0.1, -0.05) is 13.3 Å². The topological polar surface area (TPSA) is 90.8 Å². The first kappa shape index (κ1) is 14.0. The van der Waals surface area contributed by atoms with E-state index in [1.165, 1.54) is 4.68 Å². The van der Waals surface area contributed by atoms with Crippen molar-refractivity contribution < 1.29 is 4.92 Å². The number of aromatic nitrogens is 4. The lowest BCUT2D eigenvalue weighted by atomic mass is 10.2. The molecule has 0 aliphatic carbocycles. The van der Waals surface area contributed by atoms with Crippen molar-refractivity contribution in [1.82, 2.24) is 19.6 Å². The van der Waals surface area contributed by atoms with Crippen LogP contribution in [0.1, 0.15) is 24.6 Å². The Kier molecular flexibility index (Phi) is 4.02. The number of anilines is 1. The van der Waals surface area contributed by atoms with Gasteiger partial charge < -0.3 is 5.32 Å². The maximum absolute atomic E-state index is 11.2. The van der Waals surface area contributed by atoms with Gasteiger partial charge in [0.2, 0.25) is 5.82 Å². The average Bonchev–Trinajstić information content (AvgIpc) is 2.91. The van der Waals surface area contributed by atoms with E-state index in [4.69, 9.17) is 0 Å². The Morgan fingerprint density at radius 1 is 1.45 bits per heavy atom. The molecule has 2 rings (SSSR count). The molecule has 108 valence electrons. The van der Waals surface area contributed by atoms with Gasteiger partial charge in [-0.2, -0.15) is 10.2 Å². The van der Waals surface area contributed by atoms with Crippen LogP contribution in [0, 0.1) is 10.1 Å². The predicted molar refractivity (Wildman–Crippen MR) is 74.4 cm³/mol. The Labute approximate surface area is 116 Å². The molecular weight excluding hydrogens is 260 g/mol. The zero-order valence-corrected chi connectivity index (χ0v) is 11.8. The molecule has 2 heterocycles. The van der Waals surface area contributed by atoms with Crippen molar-refractivity contribution in [2.75, 3.05) is 5.32 Å². The van der Waals surface area contributed by atoms with Crippen LogP contribution in [0.3, 0.4) is 0 Å². The number of hydrogen-bond acceptors (Lipinski definition) is 5. The quantitative estimate of drug-likeness (QED) is 0.640. The van der Waals surface area contributed by atoms with Gasteiger partial charge >= 0.3 is 5.69 Å². The van der Waals surface area contributed by atoms with Gasteiger partial charge in [0.1, 0.15) is 5.69 Å². The molecule has 8 nitrogen and oxygen atoms in total. The van der Waals surface area contributed by atoms with Crippen LogP contribution in [0.15, 0.2) is 12.4 Å². The highest BCUT2D eigenvalue weighted by Crippen LogP contribution is 2.29. The number of nitrogens with one attached hydrogen (secondary N) is 1. The van der Waals surface area contributed by atoms with Gasteiger partial charge in [0, 0.05) is 32.4 Å². The molecule has 0 aromatic carbocycles. The van der Waals surface area contributed by atoms with E-state index >= 15 is 0 Å². The molecule has 20 heavy (non-hydrogen) atoms. The van der Waals surface area contributed by atoms with Crippen molar-refractivity contribution in [2.24, 2.45) is 14.1 Å². The lowest BCUT2D eigenvalue weighted by Crippen LogP contribution is -2.06. The van der Waals surface area contributed by atoms with Gasteiger partial charge in [0.25, 0.3) is 0 Å². The second kappa shape index (κ2) is 5.72. The normalized spacial score (nSPS) is 10.8. The molecule has 2 aromatic heterocycles. The number of hydrogen-bond donors (Lipinski definition) is 1. The standard InChI is InChI=1S/C12H18N6O2/c1-4-5-10-11(18(19)20)12(17(3)15-10)13-6-9-7-14-16(2)8-9/h7-8,13H,4-6H2,1-3H3. The molecule has 1 N–H and O–H groups in total. The van der Waals surface area contributed by atoms with Gasteiger partial charge in [-0.3, -0.25) is 14.8 Å². The summed E-state index contributed by atoms with van der Waals surface area (Å²) in [7, 11) is 3.53. The summed E-state index contributed by atoms with van der Waals surface area (Å²) in [6.45, 7) is 2.45. The van der Waals surface area contributed by atoms with Crippen LogP contribution in [-0.2, 0) is 27.1 Å². The summed E-state index contributed by atoms with van der Waals surface area (Å²) >= 11 is 0. The fourth-order valence-corrected chi connectivity index (χ4v) is 2.11. The van der Waals surface area contributed by atoms with Crippen LogP contribution in [0.5, 0.6) is 0 Å². The zero-order chi connectivity index (χ0) is 14.7. The van der Waals surface area contributed by atoms with Crippen molar-refractivity contribution >= 4 is 11.5 Å². The van der Waals surface area contributed by atoms with Crippen LogP contribution in [0.2, 0.25) is 0 Å². The molecule has 0 saturated carbocycles. The Balaban J connectivity index is 2.23. The van der Waals surface area contributed by atoms with Crippen LogP contribution in [0.25, 0.3) is 0 Å². The van der Waals surface area contributed by atoms with E-state index in [-0.39, 0.29) is 10.6 Å². The fraction of sp³-hybridized carbons (Fsp3) is 0.500. The van der Waals surface area contributed by atoms with Crippen molar-refractivity contribution in [3.8, 4) is 0 Å². The lowest BCUT2D eigenvalue weighted by Gasteiger charge is -2.04. The third-order valence-corrected chi connectivity index (χ3v) is 2.98. The molecule has 0 spiro atoms. The van der Waals surface area contributed by atoms with E-state index in [0.29, 0.717) is 24.5 Å². The third kappa shape index (κ3) is 2.79. The highest BCUT2D eigenvalue weighted by molar-refractivity contribution is 5.60. The molecule has 0 saturated heterocycles. The highest BCUT2D eigenvalue weighted by Gasteiger charge is 2.25. The van der Waals surface area contributed by atoms with Crippen LogP contribution < -0.4 is 5.32 Å². The maximum atomic E-state index is 11.2. The molecule has 0 bridgehead atoms. The van der Waals surface area contributed by atoms with Gasteiger partial charge in [0.15, 0.2) is 0 Å². The Morgan fingerprint density at radius 2 is 2.20 bits per heavy atom. The van der Waals surface area contributed by atoms with E-state index in [9.17, 15) is 10.1 Å². The minimum Gasteiger partial charge on any atom is -0.360 e. The van der Waals surface area contributed by atoms with Crippen molar-refractivity contribution in [3.05, 3.63) is 33.8 Å². The van der Waals surface area contributed by atoms with Crippen molar-refractivity contribution in [3.63, 3.8) is 0 Å². The molecule has 0 atom stereocenters. The van der Waals surface area contributed by atoms with Crippen LogP contribution in [-0.4, -0.2) is 24.5 Å². The Hall–Kier alpha value is -2.38. The number of nitrogens with zero attached hydrogens (tertiary/aromatic N) is 5. The lowest BCUT2D eigenvalue weighted by molar-refractivity contribution is -0.384. The summed E-state index contributed by atoms with van der Waals surface area (Å²) in [6, 6.07) is 0. The molecule has 0 aliphatic heterocycles. The minimum absolute atomic E-state index is 0.0678. The van der Waals surface area contributed by atoms with Gasteiger partial charge in [-0.05, 0) is 6.42 Å². The summed E-state index contributed by atoms with van der Waals surface area (Å²) in [6.07, 6.45) is 5.00. The summed E-state index contributed by atoms with van der Waals surface area (Å²) in [4.78, 5) is 10.9. The molecule has 2 aromatic rings. The molecule has 0 aliphatic rings. The summed E-state index contributed by atoms with van der Waals surface area (Å²) < 4.78 is 3.22. The zero-order valence-electron chi connectivity index (χ0n) is 11.8.